The maximum Gasteiger partial charge on any atom is 0.257 e. The number of halogens is 1. The Morgan fingerprint density at radius 3 is 2.75 bits per heavy atom. The second-order valence-electron chi connectivity index (χ2n) is 4.87. The minimum absolute atomic E-state index is 0.104. The lowest BCUT2D eigenvalue weighted by molar-refractivity contribution is 0.0757. The Balaban J connectivity index is 2.05. The second kappa shape index (κ2) is 6.67. The molecule has 110 valence electrons. The lowest BCUT2D eigenvalue weighted by Crippen LogP contribution is -2.35. The molecule has 0 radical (unpaired) electrons. The van der Waals surface area contributed by atoms with Crippen molar-refractivity contribution in [2.75, 3.05) is 39.3 Å². The molecular formula is C14H19FN2O3. The average molecular weight is 282 g/mol. The Bertz CT molecular complexity index is 481. The molecule has 0 saturated carbocycles. The van der Waals surface area contributed by atoms with Crippen molar-refractivity contribution in [1.29, 1.82) is 0 Å². The van der Waals surface area contributed by atoms with E-state index in [4.69, 9.17) is 5.11 Å². The third-order valence-corrected chi connectivity index (χ3v) is 3.48. The van der Waals surface area contributed by atoms with Crippen LogP contribution in [0.2, 0.25) is 0 Å². The average Bonchev–Trinajstić information content (AvgIpc) is 2.64. The van der Waals surface area contributed by atoms with Crippen LogP contribution in [0.5, 0.6) is 5.75 Å². The number of hydrogen-bond donors (Lipinski definition) is 2. The van der Waals surface area contributed by atoms with Crippen molar-refractivity contribution in [3.63, 3.8) is 0 Å². The Kier molecular flexibility index (Phi) is 4.92. The summed E-state index contributed by atoms with van der Waals surface area (Å²) >= 11 is 0. The van der Waals surface area contributed by atoms with E-state index in [0.29, 0.717) is 26.2 Å². The number of phenolic OH excluding ortho intramolecular Hbond substituents is 1. The van der Waals surface area contributed by atoms with Crippen LogP contribution < -0.4 is 0 Å². The second-order valence-corrected chi connectivity index (χ2v) is 4.87. The van der Waals surface area contributed by atoms with E-state index in [2.05, 4.69) is 4.90 Å². The largest absolute Gasteiger partial charge is 0.507 e. The Morgan fingerprint density at radius 2 is 2.05 bits per heavy atom. The third-order valence-electron chi connectivity index (χ3n) is 3.48. The summed E-state index contributed by atoms with van der Waals surface area (Å²) < 4.78 is 12.9. The maximum absolute atomic E-state index is 12.9. The van der Waals surface area contributed by atoms with Gasteiger partial charge in [-0.15, -0.1) is 0 Å². The first-order chi connectivity index (χ1) is 9.61. The van der Waals surface area contributed by atoms with Gasteiger partial charge >= 0.3 is 0 Å². The number of β-amino-alcohol motifs (C(OH)–C–C–N with tert-alkyl or cyclic N) is 1. The molecule has 0 aliphatic carbocycles. The van der Waals surface area contributed by atoms with Crippen LogP contribution >= 0.6 is 0 Å². The zero-order chi connectivity index (χ0) is 14.5. The molecule has 1 aromatic carbocycles. The smallest absolute Gasteiger partial charge is 0.257 e. The van der Waals surface area contributed by atoms with E-state index in [1.54, 1.807) is 4.90 Å². The number of carbonyl (C=O) groups excluding carboxylic acids is 1. The number of carbonyl (C=O) groups is 1. The molecule has 1 saturated heterocycles. The van der Waals surface area contributed by atoms with Gasteiger partial charge in [-0.2, -0.15) is 0 Å². The molecule has 0 aromatic heterocycles. The fraction of sp³-hybridized carbons (Fsp3) is 0.500. The molecule has 20 heavy (non-hydrogen) atoms. The fourth-order valence-corrected chi connectivity index (χ4v) is 2.40. The number of aliphatic hydroxyl groups is 1. The first-order valence-electron chi connectivity index (χ1n) is 6.73. The molecule has 1 aliphatic heterocycles. The highest BCUT2D eigenvalue weighted by Crippen LogP contribution is 2.20. The maximum atomic E-state index is 12.9. The number of benzene rings is 1. The molecule has 1 aromatic rings. The van der Waals surface area contributed by atoms with Crippen molar-refractivity contribution in [3.8, 4) is 5.75 Å². The highest BCUT2D eigenvalue weighted by Gasteiger charge is 2.22. The highest BCUT2D eigenvalue weighted by molar-refractivity contribution is 5.96. The topological polar surface area (TPSA) is 64.0 Å². The molecule has 0 bridgehead atoms. The van der Waals surface area contributed by atoms with Gasteiger partial charge in [0.05, 0.1) is 12.2 Å². The first kappa shape index (κ1) is 14.7. The summed E-state index contributed by atoms with van der Waals surface area (Å²) in [5.74, 6) is -1.18. The van der Waals surface area contributed by atoms with Crippen molar-refractivity contribution in [1.82, 2.24) is 9.80 Å². The summed E-state index contributed by atoms with van der Waals surface area (Å²) in [6, 6.07) is 3.43. The highest BCUT2D eigenvalue weighted by atomic mass is 19.1. The minimum atomic E-state index is -0.566. The molecule has 1 fully saturated rings. The molecule has 1 heterocycles. The van der Waals surface area contributed by atoms with Crippen molar-refractivity contribution >= 4 is 5.91 Å². The molecule has 0 spiro atoms. The minimum Gasteiger partial charge on any atom is -0.507 e. The van der Waals surface area contributed by atoms with Crippen molar-refractivity contribution < 1.29 is 19.4 Å². The summed E-state index contributed by atoms with van der Waals surface area (Å²) in [4.78, 5) is 16.1. The summed E-state index contributed by atoms with van der Waals surface area (Å²) in [6.45, 7) is 3.36. The van der Waals surface area contributed by atoms with E-state index >= 15 is 0 Å². The number of rotatable bonds is 3. The molecule has 0 atom stereocenters. The van der Waals surface area contributed by atoms with Crippen molar-refractivity contribution in [2.24, 2.45) is 0 Å². The summed E-state index contributed by atoms with van der Waals surface area (Å²) in [5, 5.41) is 18.6. The predicted octanol–water partition coefficient (Wildman–Crippen LogP) is 0.671. The van der Waals surface area contributed by atoms with Gasteiger partial charge in [0.25, 0.3) is 5.91 Å². The van der Waals surface area contributed by atoms with Crippen LogP contribution in [-0.2, 0) is 0 Å². The first-order valence-corrected chi connectivity index (χ1v) is 6.73. The van der Waals surface area contributed by atoms with Crippen LogP contribution in [0, 0.1) is 5.82 Å². The quantitative estimate of drug-likeness (QED) is 0.855. The molecule has 6 heteroatoms. The number of aromatic hydroxyl groups is 1. The van der Waals surface area contributed by atoms with Gasteiger partial charge in [-0.25, -0.2) is 4.39 Å². The molecule has 5 nitrogen and oxygen atoms in total. The van der Waals surface area contributed by atoms with Gasteiger partial charge in [0.1, 0.15) is 11.6 Å². The number of aliphatic hydroxyl groups excluding tert-OH is 1. The molecule has 2 N–H and O–H groups in total. The number of phenols is 1. The van der Waals surface area contributed by atoms with Gasteiger partial charge in [0.2, 0.25) is 0 Å². The Morgan fingerprint density at radius 1 is 1.25 bits per heavy atom. The van der Waals surface area contributed by atoms with Gasteiger partial charge in [0.15, 0.2) is 0 Å². The van der Waals surface area contributed by atoms with Crippen LogP contribution in [0.1, 0.15) is 16.8 Å². The van der Waals surface area contributed by atoms with E-state index in [0.717, 1.165) is 19.0 Å². The van der Waals surface area contributed by atoms with E-state index in [-0.39, 0.29) is 23.8 Å². The summed E-state index contributed by atoms with van der Waals surface area (Å²) in [7, 11) is 0. The van der Waals surface area contributed by atoms with Gasteiger partial charge < -0.3 is 15.1 Å². The molecule has 1 amide bonds. The molecule has 1 aliphatic rings. The van der Waals surface area contributed by atoms with Crippen LogP contribution in [0.25, 0.3) is 0 Å². The fourth-order valence-electron chi connectivity index (χ4n) is 2.40. The van der Waals surface area contributed by atoms with Gasteiger partial charge in [-0.05, 0) is 25.1 Å². The zero-order valence-corrected chi connectivity index (χ0v) is 11.3. The zero-order valence-electron chi connectivity index (χ0n) is 11.3. The third kappa shape index (κ3) is 3.46. The summed E-state index contributed by atoms with van der Waals surface area (Å²) in [5.41, 5.74) is 0.127. The number of nitrogens with zero attached hydrogens (tertiary/aromatic N) is 2. The predicted molar refractivity (Wildman–Crippen MR) is 72.1 cm³/mol. The number of hydrogen-bond acceptors (Lipinski definition) is 4. The SMILES string of the molecule is O=C(c1ccc(F)cc1O)N1CCCN(CCO)CC1. The number of amides is 1. The van der Waals surface area contributed by atoms with E-state index in [9.17, 15) is 14.3 Å². The Labute approximate surface area is 117 Å². The monoisotopic (exact) mass is 282 g/mol. The molecule has 0 unspecified atom stereocenters. The molecule has 2 rings (SSSR count). The Hall–Kier alpha value is -1.66. The van der Waals surface area contributed by atoms with E-state index in [1.807, 2.05) is 0 Å². The van der Waals surface area contributed by atoms with Gasteiger partial charge in [-0.1, -0.05) is 0 Å². The van der Waals surface area contributed by atoms with Gasteiger partial charge in [0, 0.05) is 32.2 Å². The van der Waals surface area contributed by atoms with E-state index < -0.39 is 5.82 Å². The van der Waals surface area contributed by atoms with Crippen molar-refractivity contribution in [2.45, 2.75) is 6.42 Å². The van der Waals surface area contributed by atoms with Crippen molar-refractivity contribution in [3.05, 3.63) is 29.6 Å². The van der Waals surface area contributed by atoms with E-state index in [1.165, 1.54) is 12.1 Å². The lowest BCUT2D eigenvalue weighted by atomic mass is 10.1. The van der Waals surface area contributed by atoms with Crippen LogP contribution in [0.3, 0.4) is 0 Å². The molecular weight excluding hydrogens is 263 g/mol. The lowest BCUT2D eigenvalue weighted by Gasteiger charge is -2.22. The van der Waals surface area contributed by atoms with Gasteiger partial charge in [-0.3, -0.25) is 9.69 Å². The normalized spacial score (nSPS) is 17.0. The van der Waals surface area contributed by atoms with Crippen LogP contribution in [0.4, 0.5) is 4.39 Å². The van der Waals surface area contributed by atoms with Crippen LogP contribution in [0.15, 0.2) is 18.2 Å². The van der Waals surface area contributed by atoms with Crippen LogP contribution in [-0.4, -0.2) is 65.3 Å². The summed E-state index contributed by atoms with van der Waals surface area (Å²) in [6.07, 6.45) is 0.813. The standard InChI is InChI=1S/C14H19FN2O3/c15-11-2-3-12(13(19)10-11)14(20)17-5-1-4-16(6-7-17)8-9-18/h2-3,10,18-19H,1,4-9H2.